The van der Waals surface area contributed by atoms with E-state index in [0.717, 1.165) is 38.2 Å². The van der Waals surface area contributed by atoms with Gasteiger partial charge in [0.15, 0.2) is 0 Å². The zero-order valence-corrected chi connectivity index (χ0v) is 12.1. The third-order valence-corrected chi connectivity index (χ3v) is 2.78. The number of amides is 1. The lowest BCUT2D eigenvalue weighted by molar-refractivity contribution is -0.123. The number of aryl methyl sites for hydroxylation is 1. The summed E-state index contributed by atoms with van der Waals surface area (Å²) in [7, 11) is 0. The number of hydrogen-bond donors (Lipinski definition) is 2. The first kappa shape index (κ1) is 15.6. The van der Waals surface area contributed by atoms with Crippen LogP contribution in [0.1, 0.15) is 32.9 Å². The van der Waals surface area contributed by atoms with Gasteiger partial charge in [-0.05, 0) is 19.5 Å². The monoisotopic (exact) mass is 267 g/mol. The van der Waals surface area contributed by atoms with Gasteiger partial charge in [-0.1, -0.05) is 26.0 Å². The van der Waals surface area contributed by atoms with Gasteiger partial charge in [-0.15, -0.1) is 5.10 Å². The normalized spacial score (nSPS) is 10.9. The van der Waals surface area contributed by atoms with Gasteiger partial charge in [-0.3, -0.25) is 9.48 Å². The molecule has 0 saturated heterocycles. The quantitative estimate of drug-likeness (QED) is 0.642. The fourth-order valence-electron chi connectivity index (χ4n) is 1.62. The van der Waals surface area contributed by atoms with Crippen LogP contribution in [0.3, 0.4) is 0 Å². The van der Waals surface area contributed by atoms with Crippen molar-refractivity contribution in [3.05, 3.63) is 11.9 Å². The minimum atomic E-state index is 0.0294. The smallest absolute Gasteiger partial charge is 0.222 e. The van der Waals surface area contributed by atoms with Crippen LogP contribution in [0, 0.1) is 5.92 Å². The van der Waals surface area contributed by atoms with Crippen molar-refractivity contribution in [2.24, 2.45) is 5.92 Å². The Morgan fingerprint density at radius 2 is 2.21 bits per heavy atom. The number of aromatic nitrogens is 3. The van der Waals surface area contributed by atoms with E-state index in [2.05, 4.69) is 27.9 Å². The van der Waals surface area contributed by atoms with E-state index in [0.29, 0.717) is 6.54 Å². The SMILES string of the molecule is CCNCCCn1cc(CCNC(=O)C(C)C)nn1. The lowest BCUT2D eigenvalue weighted by atomic mass is 10.2. The summed E-state index contributed by atoms with van der Waals surface area (Å²) in [6, 6.07) is 0. The molecular weight excluding hydrogens is 242 g/mol. The molecule has 1 heterocycles. The van der Waals surface area contributed by atoms with Gasteiger partial charge in [0.2, 0.25) is 5.91 Å². The molecule has 108 valence electrons. The number of hydrogen-bond acceptors (Lipinski definition) is 4. The van der Waals surface area contributed by atoms with Crippen molar-refractivity contribution < 1.29 is 4.79 Å². The molecule has 19 heavy (non-hydrogen) atoms. The molecule has 0 aromatic carbocycles. The van der Waals surface area contributed by atoms with Gasteiger partial charge in [0.25, 0.3) is 0 Å². The first-order valence-corrected chi connectivity index (χ1v) is 7.01. The van der Waals surface area contributed by atoms with E-state index in [-0.39, 0.29) is 11.8 Å². The largest absolute Gasteiger partial charge is 0.355 e. The van der Waals surface area contributed by atoms with Gasteiger partial charge >= 0.3 is 0 Å². The Morgan fingerprint density at radius 3 is 2.89 bits per heavy atom. The van der Waals surface area contributed by atoms with Crippen molar-refractivity contribution in [2.75, 3.05) is 19.6 Å². The molecule has 0 bridgehead atoms. The maximum absolute atomic E-state index is 11.4. The first-order valence-electron chi connectivity index (χ1n) is 7.01. The zero-order valence-electron chi connectivity index (χ0n) is 12.1. The van der Waals surface area contributed by atoms with E-state index in [4.69, 9.17) is 0 Å². The molecule has 0 atom stereocenters. The fraction of sp³-hybridized carbons (Fsp3) is 0.769. The van der Waals surface area contributed by atoms with Crippen LogP contribution in [0.25, 0.3) is 0 Å². The third-order valence-electron chi connectivity index (χ3n) is 2.78. The van der Waals surface area contributed by atoms with Crippen molar-refractivity contribution in [2.45, 2.75) is 40.2 Å². The van der Waals surface area contributed by atoms with Crippen molar-refractivity contribution in [1.82, 2.24) is 25.6 Å². The molecule has 0 aliphatic carbocycles. The molecule has 0 aliphatic heterocycles. The minimum Gasteiger partial charge on any atom is -0.355 e. The highest BCUT2D eigenvalue weighted by atomic mass is 16.1. The van der Waals surface area contributed by atoms with Crippen molar-refractivity contribution in [3.63, 3.8) is 0 Å². The maximum Gasteiger partial charge on any atom is 0.222 e. The molecule has 0 aliphatic rings. The number of carbonyl (C=O) groups excluding carboxylic acids is 1. The van der Waals surface area contributed by atoms with Crippen LogP contribution in [-0.2, 0) is 17.8 Å². The molecular formula is C13H25N5O. The van der Waals surface area contributed by atoms with Crippen LogP contribution < -0.4 is 10.6 Å². The predicted molar refractivity (Wildman–Crippen MR) is 74.7 cm³/mol. The Hall–Kier alpha value is -1.43. The van der Waals surface area contributed by atoms with Gasteiger partial charge in [0, 0.05) is 31.6 Å². The van der Waals surface area contributed by atoms with Crippen LogP contribution in [-0.4, -0.2) is 40.5 Å². The zero-order chi connectivity index (χ0) is 14.1. The van der Waals surface area contributed by atoms with Crippen molar-refractivity contribution in [3.8, 4) is 0 Å². The highest BCUT2D eigenvalue weighted by Gasteiger charge is 2.06. The summed E-state index contributed by atoms with van der Waals surface area (Å²) in [6.45, 7) is 9.35. The van der Waals surface area contributed by atoms with Crippen LogP contribution in [0.4, 0.5) is 0 Å². The van der Waals surface area contributed by atoms with Crippen molar-refractivity contribution in [1.29, 1.82) is 0 Å². The van der Waals surface area contributed by atoms with E-state index in [1.165, 1.54) is 0 Å². The molecule has 0 saturated carbocycles. The van der Waals surface area contributed by atoms with Gasteiger partial charge in [-0.25, -0.2) is 0 Å². The third kappa shape index (κ3) is 6.33. The molecule has 0 fully saturated rings. The van der Waals surface area contributed by atoms with E-state index in [1.54, 1.807) is 0 Å². The average Bonchev–Trinajstić information content (AvgIpc) is 2.82. The summed E-state index contributed by atoms with van der Waals surface area (Å²) in [6.07, 6.45) is 3.72. The molecule has 1 rings (SSSR count). The molecule has 6 nitrogen and oxygen atoms in total. The molecule has 0 unspecified atom stereocenters. The first-order chi connectivity index (χ1) is 9.13. The van der Waals surface area contributed by atoms with E-state index in [1.807, 2.05) is 24.7 Å². The average molecular weight is 267 g/mol. The van der Waals surface area contributed by atoms with E-state index >= 15 is 0 Å². The number of nitrogens with zero attached hydrogens (tertiary/aromatic N) is 3. The summed E-state index contributed by atoms with van der Waals surface area (Å²) in [5, 5.41) is 14.3. The Morgan fingerprint density at radius 1 is 1.42 bits per heavy atom. The lowest BCUT2D eigenvalue weighted by Crippen LogP contribution is -2.29. The fourth-order valence-corrected chi connectivity index (χ4v) is 1.62. The lowest BCUT2D eigenvalue weighted by Gasteiger charge is -2.05. The van der Waals surface area contributed by atoms with Gasteiger partial charge in [0.1, 0.15) is 0 Å². The second-order valence-electron chi connectivity index (χ2n) is 4.88. The Bertz CT molecular complexity index is 375. The standard InChI is InChI=1S/C13H25N5O/c1-4-14-7-5-9-18-10-12(16-17-18)6-8-15-13(19)11(2)3/h10-11,14H,4-9H2,1-3H3,(H,15,19). The van der Waals surface area contributed by atoms with Crippen LogP contribution in [0.15, 0.2) is 6.20 Å². The Labute approximate surface area is 115 Å². The van der Waals surface area contributed by atoms with Gasteiger partial charge < -0.3 is 10.6 Å². The highest BCUT2D eigenvalue weighted by molar-refractivity contribution is 5.77. The topological polar surface area (TPSA) is 71.8 Å². The Kier molecular flexibility index (Phi) is 7.10. The second-order valence-corrected chi connectivity index (χ2v) is 4.88. The molecule has 0 radical (unpaired) electrons. The minimum absolute atomic E-state index is 0.0294. The van der Waals surface area contributed by atoms with Crippen LogP contribution >= 0.6 is 0 Å². The number of rotatable bonds is 9. The summed E-state index contributed by atoms with van der Waals surface area (Å²) < 4.78 is 1.86. The highest BCUT2D eigenvalue weighted by Crippen LogP contribution is 1.96. The predicted octanol–water partition coefficient (Wildman–Crippen LogP) is 0.592. The van der Waals surface area contributed by atoms with Crippen molar-refractivity contribution >= 4 is 5.91 Å². The molecule has 1 amide bonds. The summed E-state index contributed by atoms with van der Waals surface area (Å²) in [4.78, 5) is 11.4. The molecule has 2 N–H and O–H groups in total. The molecule has 0 spiro atoms. The maximum atomic E-state index is 11.4. The van der Waals surface area contributed by atoms with E-state index < -0.39 is 0 Å². The number of carbonyl (C=O) groups is 1. The summed E-state index contributed by atoms with van der Waals surface area (Å²) >= 11 is 0. The van der Waals surface area contributed by atoms with E-state index in [9.17, 15) is 4.79 Å². The summed E-state index contributed by atoms with van der Waals surface area (Å²) in [5.74, 6) is 0.111. The second kappa shape index (κ2) is 8.63. The van der Waals surface area contributed by atoms with Crippen LogP contribution in [0.5, 0.6) is 0 Å². The summed E-state index contributed by atoms with van der Waals surface area (Å²) in [5.41, 5.74) is 0.924. The van der Waals surface area contributed by atoms with Gasteiger partial charge in [0.05, 0.1) is 5.69 Å². The molecule has 6 heteroatoms. The van der Waals surface area contributed by atoms with Crippen LogP contribution in [0.2, 0.25) is 0 Å². The molecule has 1 aromatic heterocycles. The number of nitrogens with one attached hydrogen (secondary N) is 2. The van der Waals surface area contributed by atoms with Gasteiger partial charge in [-0.2, -0.15) is 0 Å². The molecule has 1 aromatic rings. The Balaban J connectivity index is 2.21.